The average molecular weight is 501 g/mol. The summed E-state index contributed by atoms with van der Waals surface area (Å²) >= 11 is 0. The number of aryl methyl sites for hydroxylation is 2. The van der Waals surface area contributed by atoms with Gasteiger partial charge in [0.05, 0.1) is 34.4 Å². The van der Waals surface area contributed by atoms with Crippen LogP contribution >= 0.6 is 0 Å². The SMILES string of the molecule is CCN(CC)c1ccc(C2OCC(C)(C)n3c(-c4cccc(C)c4)c4c(=O)n(C)c(=O)n(C)c4c32)cc1. The summed E-state index contributed by atoms with van der Waals surface area (Å²) in [6.45, 7) is 12.9. The molecule has 1 unspecified atom stereocenters. The number of fused-ring (bicyclic) bond motifs is 3. The zero-order valence-corrected chi connectivity index (χ0v) is 22.8. The van der Waals surface area contributed by atoms with Gasteiger partial charge in [-0.05, 0) is 63.9 Å². The van der Waals surface area contributed by atoms with Crippen LogP contribution in [0, 0.1) is 6.92 Å². The summed E-state index contributed by atoms with van der Waals surface area (Å²) in [6.07, 6.45) is -0.419. The van der Waals surface area contributed by atoms with Crippen LogP contribution in [0.15, 0.2) is 58.1 Å². The van der Waals surface area contributed by atoms with E-state index in [1.165, 1.54) is 4.57 Å². The largest absolute Gasteiger partial charge is 0.372 e. The maximum atomic E-state index is 13.7. The quantitative estimate of drug-likeness (QED) is 0.398. The Morgan fingerprint density at radius 3 is 2.30 bits per heavy atom. The van der Waals surface area contributed by atoms with E-state index in [-0.39, 0.29) is 11.2 Å². The van der Waals surface area contributed by atoms with Crippen molar-refractivity contribution < 1.29 is 4.74 Å². The van der Waals surface area contributed by atoms with E-state index >= 15 is 0 Å². The fourth-order valence-electron chi connectivity index (χ4n) is 5.77. The number of aromatic nitrogens is 3. The summed E-state index contributed by atoms with van der Waals surface area (Å²) in [6, 6.07) is 16.7. The molecule has 0 radical (unpaired) electrons. The van der Waals surface area contributed by atoms with Gasteiger partial charge in [-0.15, -0.1) is 0 Å². The number of ether oxygens (including phenoxy) is 1. The second-order valence-electron chi connectivity index (χ2n) is 10.6. The van der Waals surface area contributed by atoms with Crippen molar-refractivity contribution in [2.45, 2.75) is 46.3 Å². The van der Waals surface area contributed by atoms with E-state index in [2.05, 4.69) is 67.5 Å². The van der Waals surface area contributed by atoms with Gasteiger partial charge in [-0.25, -0.2) is 4.79 Å². The van der Waals surface area contributed by atoms with E-state index in [0.717, 1.165) is 46.9 Å². The molecule has 1 atom stereocenters. The van der Waals surface area contributed by atoms with E-state index in [4.69, 9.17) is 4.74 Å². The molecule has 0 fully saturated rings. The van der Waals surface area contributed by atoms with Gasteiger partial charge in [-0.2, -0.15) is 0 Å². The van der Waals surface area contributed by atoms with Crippen molar-refractivity contribution in [3.63, 3.8) is 0 Å². The Labute approximate surface area is 217 Å². The molecule has 2 aromatic carbocycles. The van der Waals surface area contributed by atoms with Crippen LogP contribution in [-0.4, -0.2) is 33.4 Å². The Morgan fingerprint density at radius 2 is 1.68 bits per heavy atom. The monoisotopic (exact) mass is 500 g/mol. The van der Waals surface area contributed by atoms with Gasteiger partial charge in [0.2, 0.25) is 0 Å². The Balaban J connectivity index is 1.88. The highest BCUT2D eigenvalue weighted by atomic mass is 16.5. The van der Waals surface area contributed by atoms with E-state index in [1.807, 2.05) is 25.1 Å². The zero-order chi connectivity index (χ0) is 26.6. The molecule has 1 aliphatic heterocycles. The number of rotatable bonds is 5. The zero-order valence-electron chi connectivity index (χ0n) is 22.8. The fraction of sp³-hybridized carbons (Fsp3) is 0.400. The number of benzene rings is 2. The highest BCUT2D eigenvalue weighted by Gasteiger charge is 2.40. The molecule has 4 aromatic rings. The Morgan fingerprint density at radius 1 is 1.00 bits per heavy atom. The number of hydrogen-bond acceptors (Lipinski definition) is 4. The van der Waals surface area contributed by atoms with Gasteiger partial charge in [0.15, 0.2) is 0 Å². The van der Waals surface area contributed by atoms with Gasteiger partial charge in [0.25, 0.3) is 5.56 Å². The normalized spacial score (nSPS) is 16.7. The van der Waals surface area contributed by atoms with Crippen LogP contribution < -0.4 is 16.1 Å². The third-order valence-corrected chi connectivity index (χ3v) is 7.68. The summed E-state index contributed by atoms with van der Waals surface area (Å²) < 4.78 is 11.6. The minimum Gasteiger partial charge on any atom is -0.372 e. The van der Waals surface area contributed by atoms with Crippen molar-refractivity contribution in [2.75, 3.05) is 24.6 Å². The first-order valence-electron chi connectivity index (χ1n) is 13.0. The molecule has 0 saturated heterocycles. The van der Waals surface area contributed by atoms with Crippen molar-refractivity contribution in [1.82, 2.24) is 13.7 Å². The molecule has 37 heavy (non-hydrogen) atoms. The minimum absolute atomic E-state index is 0.289. The van der Waals surface area contributed by atoms with Gasteiger partial charge in [0, 0.05) is 32.9 Å². The van der Waals surface area contributed by atoms with Crippen LogP contribution in [-0.2, 0) is 24.4 Å². The lowest BCUT2D eigenvalue weighted by Gasteiger charge is -2.39. The number of anilines is 1. The van der Waals surface area contributed by atoms with E-state index in [9.17, 15) is 9.59 Å². The minimum atomic E-state index is -0.438. The molecule has 0 bridgehead atoms. The standard InChI is InChI=1S/C30H36N4O3/c1-8-33(9-2)22-15-13-20(14-16-22)27-26-25-23(28(35)32(7)29(36)31(25)6)24(21-12-10-11-19(3)17-21)34(26)30(4,5)18-37-27/h10-17,27H,8-9,18H2,1-7H3. The molecular weight excluding hydrogens is 464 g/mol. The topological polar surface area (TPSA) is 61.4 Å². The molecule has 3 heterocycles. The van der Waals surface area contributed by atoms with Crippen LogP contribution in [0.4, 0.5) is 5.69 Å². The Kier molecular flexibility index (Phi) is 6.15. The highest BCUT2D eigenvalue weighted by Crippen LogP contribution is 2.45. The second-order valence-corrected chi connectivity index (χ2v) is 10.6. The van der Waals surface area contributed by atoms with Crippen LogP contribution in [0.1, 0.15) is 50.6 Å². The van der Waals surface area contributed by atoms with Crippen molar-refractivity contribution in [1.29, 1.82) is 0 Å². The molecule has 5 rings (SSSR count). The van der Waals surface area contributed by atoms with Crippen LogP contribution in [0.2, 0.25) is 0 Å². The van der Waals surface area contributed by atoms with Crippen LogP contribution in [0.3, 0.4) is 0 Å². The van der Waals surface area contributed by atoms with Crippen LogP contribution in [0.5, 0.6) is 0 Å². The molecule has 0 amide bonds. The molecule has 0 spiro atoms. The average Bonchev–Trinajstić information content (AvgIpc) is 3.25. The maximum absolute atomic E-state index is 13.7. The lowest BCUT2D eigenvalue weighted by Crippen LogP contribution is -2.40. The van der Waals surface area contributed by atoms with E-state index in [1.54, 1.807) is 18.7 Å². The predicted octanol–water partition coefficient (Wildman–Crippen LogP) is 4.72. The first-order valence-corrected chi connectivity index (χ1v) is 13.0. The van der Waals surface area contributed by atoms with Crippen molar-refractivity contribution in [2.24, 2.45) is 14.1 Å². The Bertz CT molecular complexity index is 1600. The molecule has 2 aromatic heterocycles. The molecule has 0 aliphatic carbocycles. The smallest absolute Gasteiger partial charge is 0.331 e. The lowest BCUT2D eigenvalue weighted by molar-refractivity contribution is -0.00706. The molecule has 1 aliphatic rings. The summed E-state index contributed by atoms with van der Waals surface area (Å²) in [4.78, 5) is 29.2. The molecule has 7 nitrogen and oxygen atoms in total. The third-order valence-electron chi connectivity index (χ3n) is 7.68. The molecule has 194 valence electrons. The summed E-state index contributed by atoms with van der Waals surface area (Å²) in [7, 11) is 3.29. The van der Waals surface area contributed by atoms with Crippen molar-refractivity contribution >= 4 is 16.6 Å². The number of nitrogens with zero attached hydrogens (tertiary/aromatic N) is 4. The molecular formula is C30H36N4O3. The maximum Gasteiger partial charge on any atom is 0.331 e. The van der Waals surface area contributed by atoms with Gasteiger partial charge in [-0.3, -0.25) is 13.9 Å². The predicted molar refractivity (Wildman–Crippen MR) is 150 cm³/mol. The van der Waals surface area contributed by atoms with E-state index in [0.29, 0.717) is 17.5 Å². The highest BCUT2D eigenvalue weighted by molar-refractivity contribution is 5.97. The first kappa shape index (κ1) is 25.1. The molecule has 7 heteroatoms. The lowest BCUT2D eigenvalue weighted by atomic mass is 9.97. The summed E-state index contributed by atoms with van der Waals surface area (Å²) in [5, 5.41) is 0.550. The van der Waals surface area contributed by atoms with Crippen molar-refractivity contribution in [3.05, 3.63) is 86.2 Å². The van der Waals surface area contributed by atoms with E-state index < -0.39 is 11.6 Å². The third kappa shape index (κ3) is 3.84. The Hall–Kier alpha value is -3.58. The van der Waals surface area contributed by atoms with Gasteiger partial charge in [0.1, 0.15) is 6.10 Å². The number of hydrogen-bond donors (Lipinski definition) is 0. The fourth-order valence-corrected chi connectivity index (χ4v) is 5.77. The van der Waals surface area contributed by atoms with Gasteiger partial charge in [-0.1, -0.05) is 35.9 Å². The summed E-state index contributed by atoms with van der Waals surface area (Å²) in [5.74, 6) is 0. The molecule has 0 N–H and O–H groups in total. The van der Waals surface area contributed by atoms with Crippen molar-refractivity contribution in [3.8, 4) is 11.3 Å². The van der Waals surface area contributed by atoms with Crippen LogP contribution in [0.25, 0.3) is 22.2 Å². The molecule has 0 saturated carbocycles. The second kappa shape index (κ2) is 9.06. The first-order chi connectivity index (χ1) is 17.6. The van der Waals surface area contributed by atoms with Gasteiger partial charge < -0.3 is 14.2 Å². The van der Waals surface area contributed by atoms with Gasteiger partial charge >= 0.3 is 5.69 Å². The summed E-state index contributed by atoms with van der Waals surface area (Å²) in [5.41, 5.74) is 5.46.